The predicted octanol–water partition coefficient (Wildman–Crippen LogP) is 3.36. The SMILES string of the molecule is COC(=O)[C@@H]1CN(CC2CC2)CC[C@H]1NC(=O)c1cc(-c2ccc(C(F)(F)F)cc2)on1. The zero-order valence-electron chi connectivity index (χ0n) is 17.5. The molecule has 7 nitrogen and oxygen atoms in total. The second-order valence-electron chi connectivity index (χ2n) is 8.35. The number of amides is 1. The van der Waals surface area contributed by atoms with Gasteiger partial charge in [-0.2, -0.15) is 13.2 Å². The average Bonchev–Trinajstić information content (AvgIpc) is 3.44. The molecule has 0 bridgehead atoms. The molecule has 1 amide bonds. The molecule has 1 saturated carbocycles. The number of alkyl halides is 3. The van der Waals surface area contributed by atoms with Crippen LogP contribution in [0.1, 0.15) is 35.3 Å². The van der Waals surface area contributed by atoms with E-state index in [2.05, 4.69) is 15.4 Å². The van der Waals surface area contributed by atoms with Gasteiger partial charge in [0.05, 0.1) is 18.6 Å². The van der Waals surface area contributed by atoms with E-state index in [0.717, 1.165) is 25.2 Å². The van der Waals surface area contributed by atoms with E-state index in [-0.39, 0.29) is 17.4 Å². The molecule has 2 aliphatic rings. The zero-order valence-corrected chi connectivity index (χ0v) is 17.5. The fraction of sp³-hybridized carbons (Fsp3) is 0.500. The van der Waals surface area contributed by atoms with Crippen LogP contribution in [0.25, 0.3) is 11.3 Å². The van der Waals surface area contributed by atoms with Crippen LogP contribution in [0.5, 0.6) is 0 Å². The van der Waals surface area contributed by atoms with Crippen LogP contribution in [0.15, 0.2) is 34.9 Å². The van der Waals surface area contributed by atoms with Crippen molar-refractivity contribution in [1.29, 1.82) is 0 Å². The van der Waals surface area contributed by atoms with Gasteiger partial charge < -0.3 is 19.5 Å². The van der Waals surface area contributed by atoms with Crippen LogP contribution in [0.3, 0.4) is 0 Å². The minimum Gasteiger partial charge on any atom is -0.469 e. The van der Waals surface area contributed by atoms with Gasteiger partial charge in [-0.05, 0) is 37.3 Å². The molecule has 10 heteroatoms. The lowest BCUT2D eigenvalue weighted by Gasteiger charge is -2.37. The molecule has 0 spiro atoms. The largest absolute Gasteiger partial charge is 0.469 e. The minimum atomic E-state index is -4.44. The van der Waals surface area contributed by atoms with Crippen LogP contribution in [0.4, 0.5) is 13.2 Å². The number of piperidine rings is 1. The highest BCUT2D eigenvalue weighted by Crippen LogP contribution is 2.32. The molecule has 1 aliphatic heterocycles. The third-order valence-electron chi connectivity index (χ3n) is 5.97. The van der Waals surface area contributed by atoms with E-state index >= 15 is 0 Å². The number of methoxy groups -OCH3 is 1. The minimum absolute atomic E-state index is 0.0103. The number of halogens is 3. The van der Waals surface area contributed by atoms with E-state index in [4.69, 9.17) is 9.26 Å². The van der Waals surface area contributed by atoms with Gasteiger partial charge in [0.25, 0.3) is 5.91 Å². The summed E-state index contributed by atoms with van der Waals surface area (Å²) in [6.07, 6.45) is -1.41. The monoisotopic (exact) mass is 451 g/mol. The highest BCUT2D eigenvalue weighted by atomic mass is 19.4. The summed E-state index contributed by atoms with van der Waals surface area (Å²) >= 11 is 0. The molecule has 2 fully saturated rings. The third-order valence-corrected chi connectivity index (χ3v) is 5.97. The van der Waals surface area contributed by atoms with Gasteiger partial charge in [-0.15, -0.1) is 0 Å². The third kappa shape index (κ3) is 5.12. The molecular formula is C22H24F3N3O4. The molecule has 2 aromatic rings. The number of nitrogens with one attached hydrogen (secondary N) is 1. The van der Waals surface area contributed by atoms with Crippen molar-refractivity contribution in [3.63, 3.8) is 0 Å². The van der Waals surface area contributed by atoms with E-state index in [0.29, 0.717) is 24.4 Å². The number of likely N-dealkylation sites (tertiary alicyclic amines) is 1. The Morgan fingerprint density at radius 1 is 1.22 bits per heavy atom. The molecular weight excluding hydrogens is 427 g/mol. The summed E-state index contributed by atoms with van der Waals surface area (Å²) in [7, 11) is 1.33. The maximum atomic E-state index is 12.7. The number of aromatic nitrogens is 1. The Balaban J connectivity index is 1.42. The number of hydrogen-bond acceptors (Lipinski definition) is 6. The van der Waals surface area contributed by atoms with Gasteiger partial charge >= 0.3 is 12.1 Å². The van der Waals surface area contributed by atoms with Crippen molar-refractivity contribution < 1.29 is 32.0 Å². The highest BCUT2D eigenvalue weighted by molar-refractivity contribution is 5.93. The first-order chi connectivity index (χ1) is 15.2. The first-order valence-electron chi connectivity index (χ1n) is 10.5. The van der Waals surface area contributed by atoms with Crippen LogP contribution in [-0.4, -0.2) is 54.7 Å². The lowest BCUT2D eigenvalue weighted by Crippen LogP contribution is -2.54. The van der Waals surface area contributed by atoms with Crippen molar-refractivity contribution in [2.45, 2.75) is 31.5 Å². The summed E-state index contributed by atoms with van der Waals surface area (Å²) in [5, 5.41) is 6.59. The number of carbonyl (C=O) groups excluding carboxylic acids is 2. The normalized spacial score (nSPS) is 21.9. The molecule has 0 radical (unpaired) electrons. The van der Waals surface area contributed by atoms with Crippen LogP contribution in [-0.2, 0) is 15.7 Å². The molecule has 32 heavy (non-hydrogen) atoms. The summed E-state index contributed by atoms with van der Waals surface area (Å²) in [5.74, 6) is -0.508. The summed E-state index contributed by atoms with van der Waals surface area (Å²) in [5.41, 5.74) is -0.421. The number of rotatable bonds is 6. The quantitative estimate of drug-likeness (QED) is 0.678. The summed E-state index contributed by atoms with van der Waals surface area (Å²) < 4.78 is 48.3. The van der Waals surface area contributed by atoms with E-state index in [1.165, 1.54) is 38.2 Å². The molecule has 2 heterocycles. The van der Waals surface area contributed by atoms with Gasteiger partial charge in [-0.1, -0.05) is 17.3 Å². The van der Waals surface area contributed by atoms with E-state index in [9.17, 15) is 22.8 Å². The summed E-state index contributed by atoms with van der Waals surface area (Å²) in [6.45, 7) is 2.24. The number of esters is 1. The van der Waals surface area contributed by atoms with Crippen molar-refractivity contribution in [3.8, 4) is 11.3 Å². The molecule has 2 atom stereocenters. The van der Waals surface area contributed by atoms with Crippen LogP contribution >= 0.6 is 0 Å². The van der Waals surface area contributed by atoms with Crippen molar-refractivity contribution >= 4 is 11.9 Å². The van der Waals surface area contributed by atoms with E-state index in [1.54, 1.807) is 0 Å². The molecule has 1 aliphatic carbocycles. The zero-order chi connectivity index (χ0) is 22.9. The van der Waals surface area contributed by atoms with Gasteiger partial charge in [0, 0.05) is 37.3 Å². The molecule has 0 unspecified atom stereocenters. The maximum absolute atomic E-state index is 12.7. The highest BCUT2D eigenvalue weighted by Gasteiger charge is 2.38. The van der Waals surface area contributed by atoms with Gasteiger partial charge in [-0.25, -0.2) is 0 Å². The Kier molecular flexibility index (Phi) is 6.23. The Labute approximate surface area is 182 Å². The van der Waals surface area contributed by atoms with Gasteiger partial charge in [0.2, 0.25) is 0 Å². The standard InChI is InChI=1S/C22H24F3N3O4/c1-31-21(30)16-12-28(11-13-2-3-13)9-8-17(16)26-20(29)18-10-19(32-27-18)14-4-6-15(7-5-14)22(23,24)25/h4-7,10,13,16-17H,2-3,8-9,11-12H2,1H3,(H,26,29)/t16-,17-/m1/s1. The lowest BCUT2D eigenvalue weighted by molar-refractivity contribution is -0.148. The van der Waals surface area contributed by atoms with Crippen molar-refractivity contribution in [3.05, 3.63) is 41.6 Å². The maximum Gasteiger partial charge on any atom is 0.416 e. The number of benzene rings is 1. The molecule has 1 N–H and O–H groups in total. The van der Waals surface area contributed by atoms with Crippen LogP contribution in [0, 0.1) is 11.8 Å². The Hall–Kier alpha value is -2.88. The van der Waals surface area contributed by atoms with Crippen molar-refractivity contribution in [2.75, 3.05) is 26.7 Å². The summed E-state index contributed by atoms with van der Waals surface area (Å²) in [6, 6.07) is 5.36. The fourth-order valence-electron chi connectivity index (χ4n) is 4.00. The average molecular weight is 451 g/mol. The first-order valence-corrected chi connectivity index (χ1v) is 10.5. The van der Waals surface area contributed by atoms with Gasteiger partial charge in [0.15, 0.2) is 11.5 Å². The molecule has 1 aromatic carbocycles. The lowest BCUT2D eigenvalue weighted by atomic mass is 9.91. The first kappa shape index (κ1) is 22.3. The summed E-state index contributed by atoms with van der Waals surface area (Å²) in [4.78, 5) is 27.3. The second-order valence-corrected chi connectivity index (χ2v) is 8.35. The van der Waals surface area contributed by atoms with E-state index < -0.39 is 29.6 Å². The second kappa shape index (κ2) is 8.93. The number of nitrogens with zero attached hydrogens (tertiary/aromatic N) is 2. The van der Waals surface area contributed by atoms with Gasteiger partial charge in [0.1, 0.15) is 0 Å². The number of carbonyl (C=O) groups is 2. The molecule has 1 saturated heterocycles. The smallest absolute Gasteiger partial charge is 0.416 e. The number of ether oxygens (including phenoxy) is 1. The fourth-order valence-corrected chi connectivity index (χ4v) is 4.00. The molecule has 172 valence electrons. The predicted molar refractivity (Wildman–Crippen MR) is 107 cm³/mol. The Bertz CT molecular complexity index is 970. The van der Waals surface area contributed by atoms with Crippen LogP contribution < -0.4 is 5.32 Å². The number of hydrogen-bond donors (Lipinski definition) is 1. The Morgan fingerprint density at radius 2 is 1.94 bits per heavy atom. The molecule has 1 aromatic heterocycles. The van der Waals surface area contributed by atoms with Crippen LogP contribution in [0.2, 0.25) is 0 Å². The van der Waals surface area contributed by atoms with Crippen molar-refractivity contribution in [1.82, 2.24) is 15.4 Å². The Morgan fingerprint density at radius 3 is 2.56 bits per heavy atom. The van der Waals surface area contributed by atoms with Gasteiger partial charge in [-0.3, -0.25) is 9.59 Å². The van der Waals surface area contributed by atoms with Crippen molar-refractivity contribution in [2.24, 2.45) is 11.8 Å². The molecule has 4 rings (SSSR count). The topological polar surface area (TPSA) is 84.7 Å². The van der Waals surface area contributed by atoms with E-state index in [1.807, 2.05) is 0 Å².